The summed E-state index contributed by atoms with van der Waals surface area (Å²) in [5.74, 6) is 2.39. The van der Waals surface area contributed by atoms with E-state index in [0.717, 1.165) is 32.1 Å². The van der Waals surface area contributed by atoms with Crippen molar-refractivity contribution < 1.29 is 13.2 Å². The fourth-order valence-electron chi connectivity index (χ4n) is 3.36. The molecule has 1 saturated carbocycles. The molecular formula is C15H24N2O3S. The maximum absolute atomic E-state index is 12.8. The number of carbonyl (C=O) groups excluding carboxylic acids is 1. The number of rotatable bonds is 3. The lowest BCUT2D eigenvalue weighted by molar-refractivity contribution is -0.137. The summed E-state index contributed by atoms with van der Waals surface area (Å²) in [6.45, 7) is 0.169. The average Bonchev–Trinajstić information content (AvgIpc) is 2.65. The molecule has 6 heteroatoms. The second-order valence-corrected chi connectivity index (χ2v) is 8.36. The number of hydrogen-bond acceptors (Lipinski definition) is 4. The normalized spacial score (nSPS) is 32.1. The molecule has 1 heterocycles. The van der Waals surface area contributed by atoms with Crippen molar-refractivity contribution in [3.63, 3.8) is 0 Å². The molecule has 21 heavy (non-hydrogen) atoms. The van der Waals surface area contributed by atoms with Crippen molar-refractivity contribution in [1.29, 1.82) is 0 Å². The number of sulfone groups is 1. The molecule has 3 unspecified atom stereocenters. The number of nitrogens with zero attached hydrogens (tertiary/aromatic N) is 1. The van der Waals surface area contributed by atoms with Gasteiger partial charge in [0.2, 0.25) is 5.91 Å². The molecule has 3 atom stereocenters. The third kappa shape index (κ3) is 3.98. The van der Waals surface area contributed by atoms with Crippen LogP contribution in [0.5, 0.6) is 0 Å². The summed E-state index contributed by atoms with van der Waals surface area (Å²) >= 11 is 0. The summed E-state index contributed by atoms with van der Waals surface area (Å²) in [7, 11) is -3.04. The molecule has 118 valence electrons. The summed E-state index contributed by atoms with van der Waals surface area (Å²) in [4.78, 5) is 14.4. The predicted octanol–water partition coefficient (Wildman–Crippen LogP) is 0.543. The molecular weight excluding hydrogens is 288 g/mol. The van der Waals surface area contributed by atoms with E-state index in [0.29, 0.717) is 6.42 Å². The maximum Gasteiger partial charge on any atom is 0.228 e. The Morgan fingerprint density at radius 2 is 1.95 bits per heavy atom. The van der Waals surface area contributed by atoms with Crippen LogP contribution in [0.3, 0.4) is 0 Å². The first kappa shape index (κ1) is 16.3. The summed E-state index contributed by atoms with van der Waals surface area (Å²) in [6, 6.07) is -0.424. The first-order valence-corrected chi connectivity index (χ1v) is 9.46. The van der Waals surface area contributed by atoms with Crippen molar-refractivity contribution in [3.8, 4) is 12.3 Å². The van der Waals surface area contributed by atoms with Gasteiger partial charge in [-0.3, -0.25) is 4.79 Å². The second-order valence-electron chi connectivity index (χ2n) is 6.14. The Morgan fingerprint density at radius 1 is 1.24 bits per heavy atom. The minimum absolute atomic E-state index is 0.0301. The van der Waals surface area contributed by atoms with Gasteiger partial charge in [0.15, 0.2) is 9.84 Å². The smallest absolute Gasteiger partial charge is 0.228 e. The minimum Gasteiger partial charge on any atom is -0.327 e. The Morgan fingerprint density at radius 3 is 2.57 bits per heavy atom. The summed E-state index contributed by atoms with van der Waals surface area (Å²) in [6.07, 6.45) is 10.6. The van der Waals surface area contributed by atoms with Crippen molar-refractivity contribution in [2.45, 2.75) is 50.6 Å². The zero-order chi connectivity index (χ0) is 15.5. The van der Waals surface area contributed by atoms with E-state index < -0.39 is 9.84 Å². The highest BCUT2D eigenvalue weighted by Crippen LogP contribution is 2.26. The Labute approximate surface area is 127 Å². The highest BCUT2D eigenvalue weighted by atomic mass is 32.2. The number of nitrogens with two attached hydrogens (primary N) is 1. The topological polar surface area (TPSA) is 80.5 Å². The lowest BCUT2D eigenvalue weighted by Crippen LogP contribution is -2.48. The predicted molar refractivity (Wildman–Crippen MR) is 82.2 cm³/mol. The Bertz CT molecular complexity index is 524. The highest BCUT2D eigenvalue weighted by molar-refractivity contribution is 7.91. The zero-order valence-electron chi connectivity index (χ0n) is 12.3. The van der Waals surface area contributed by atoms with Gasteiger partial charge < -0.3 is 10.6 Å². The lowest BCUT2D eigenvalue weighted by atomic mass is 9.93. The standard InChI is InChI=1S/C15H24N2O3S/c1-2-9-17(12-8-10-21(19,20)11-12)15(18)13-6-4-3-5-7-14(13)16/h1,12-14H,3-11,16H2. The fourth-order valence-corrected chi connectivity index (χ4v) is 5.09. The van der Waals surface area contributed by atoms with Gasteiger partial charge in [-0.15, -0.1) is 6.42 Å². The van der Waals surface area contributed by atoms with Crippen LogP contribution in [-0.2, 0) is 14.6 Å². The van der Waals surface area contributed by atoms with Crippen molar-refractivity contribution in [2.75, 3.05) is 18.1 Å². The average molecular weight is 312 g/mol. The van der Waals surface area contributed by atoms with Crippen LogP contribution in [0.15, 0.2) is 0 Å². The van der Waals surface area contributed by atoms with Crippen molar-refractivity contribution in [2.24, 2.45) is 11.7 Å². The molecule has 5 nitrogen and oxygen atoms in total. The van der Waals surface area contributed by atoms with Crippen LogP contribution >= 0.6 is 0 Å². The summed E-state index contributed by atoms with van der Waals surface area (Å²) in [5, 5.41) is 0. The molecule has 0 aromatic heterocycles. The molecule has 1 amide bonds. The Kier molecular flexibility index (Phi) is 5.28. The van der Waals surface area contributed by atoms with E-state index in [1.807, 2.05) is 0 Å². The summed E-state index contributed by atoms with van der Waals surface area (Å²) in [5.41, 5.74) is 6.15. The van der Waals surface area contributed by atoms with Crippen molar-refractivity contribution in [3.05, 3.63) is 0 Å². The second kappa shape index (κ2) is 6.80. The van der Waals surface area contributed by atoms with Crippen LogP contribution in [0.4, 0.5) is 0 Å². The Hall–Kier alpha value is -1.06. The molecule has 2 N–H and O–H groups in total. The van der Waals surface area contributed by atoms with E-state index in [1.54, 1.807) is 4.90 Å². The van der Waals surface area contributed by atoms with Crippen LogP contribution in [0.2, 0.25) is 0 Å². The molecule has 1 aliphatic carbocycles. The first-order valence-electron chi connectivity index (χ1n) is 7.64. The van der Waals surface area contributed by atoms with Gasteiger partial charge in [-0.2, -0.15) is 0 Å². The van der Waals surface area contributed by atoms with E-state index in [1.165, 1.54) is 0 Å². The van der Waals surface area contributed by atoms with Crippen LogP contribution < -0.4 is 5.73 Å². The lowest BCUT2D eigenvalue weighted by Gasteiger charge is -2.32. The van der Waals surface area contributed by atoms with E-state index in [9.17, 15) is 13.2 Å². The molecule has 2 rings (SSSR count). The summed E-state index contributed by atoms with van der Waals surface area (Å²) < 4.78 is 23.3. The zero-order valence-corrected chi connectivity index (χ0v) is 13.1. The van der Waals surface area contributed by atoms with Crippen LogP contribution in [0.25, 0.3) is 0 Å². The third-order valence-electron chi connectivity index (χ3n) is 4.58. The quantitative estimate of drug-likeness (QED) is 0.609. The number of carbonyl (C=O) groups is 1. The molecule has 0 aromatic rings. The molecule has 1 saturated heterocycles. The van der Waals surface area contributed by atoms with Crippen molar-refractivity contribution in [1.82, 2.24) is 4.90 Å². The number of terminal acetylenes is 1. The van der Waals surface area contributed by atoms with Gasteiger partial charge in [-0.25, -0.2) is 8.42 Å². The largest absolute Gasteiger partial charge is 0.327 e. The molecule has 0 radical (unpaired) electrons. The van der Waals surface area contributed by atoms with Gasteiger partial charge >= 0.3 is 0 Å². The van der Waals surface area contributed by atoms with Crippen molar-refractivity contribution >= 4 is 15.7 Å². The van der Waals surface area contributed by atoms with E-state index in [-0.39, 0.29) is 42.0 Å². The maximum atomic E-state index is 12.8. The highest BCUT2D eigenvalue weighted by Gasteiger charge is 2.38. The van der Waals surface area contributed by atoms with Gasteiger partial charge in [0.05, 0.1) is 24.0 Å². The molecule has 0 bridgehead atoms. The first-order chi connectivity index (χ1) is 9.94. The van der Waals surface area contributed by atoms with E-state index in [4.69, 9.17) is 12.2 Å². The molecule has 2 fully saturated rings. The minimum atomic E-state index is -3.04. The van der Waals surface area contributed by atoms with Crippen LogP contribution in [-0.4, -0.2) is 49.4 Å². The SMILES string of the molecule is C#CCN(C(=O)C1CCCCCC1N)C1CCS(=O)(=O)C1. The van der Waals surface area contributed by atoms with Gasteiger partial charge in [0, 0.05) is 12.1 Å². The van der Waals surface area contributed by atoms with Gasteiger partial charge in [0.25, 0.3) is 0 Å². The van der Waals surface area contributed by atoms with Gasteiger partial charge in [-0.1, -0.05) is 25.2 Å². The monoisotopic (exact) mass is 312 g/mol. The fraction of sp³-hybridized carbons (Fsp3) is 0.800. The molecule has 0 spiro atoms. The Balaban J connectivity index is 2.13. The molecule has 1 aliphatic heterocycles. The van der Waals surface area contributed by atoms with E-state index >= 15 is 0 Å². The molecule has 2 aliphatic rings. The number of hydrogen-bond donors (Lipinski definition) is 1. The van der Waals surface area contributed by atoms with Crippen LogP contribution in [0.1, 0.15) is 38.5 Å². The number of amides is 1. The van der Waals surface area contributed by atoms with E-state index in [2.05, 4.69) is 5.92 Å². The third-order valence-corrected chi connectivity index (χ3v) is 6.33. The van der Waals surface area contributed by atoms with Gasteiger partial charge in [-0.05, 0) is 19.3 Å². The van der Waals surface area contributed by atoms with Gasteiger partial charge in [0.1, 0.15) is 0 Å². The molecule has 0 aromatic carbocycles. The van der Waals surface area contributed by atoms with Crippen LogP contribution in [0, 0.1) is 18.3 Å².